The first-order valence-electron chi connectivity index (χ1n) is 7.79. The van der Waals surface area contributed by atoms with Crippen LogP contribution in [0.1, 0.15) is 44.9 Å². The zero-order valence-electron chi connectivity index (χ0n) is 13.0. The van der Waals surface area contributed by atoms with Gasteiger partial charge >= 0.3 is 0 Å². The van der Waals surface area contributed by atoms with E-state index < -0.39 is 0 Å². The van der Waals surface area contributed by atoms with E-state index in [1.807, 2.05) is 0 Å². The second-order valence-corrected chi connectivity index (χ2v) is 7.06. The molecule has 4 nitrogen and oxygen atoms in total. The molecule has 0 spiro atoms. The fraction of sp³-hybridized carbons (Fsp3) is 1.00. The molecule has 2 saturated heterocycles. The van der Waals surface area contributed by atoms with Crippen LogP contribution in [0.3, 0.4) is 0 Å². The van der Waals surface area contributed by atoms with Crippen molar-refractivity contribution < 1.29 is 19.9 Å². The van der Waals surface area contributed by atoms with Gasteiger partial charge in [-0.2, -0.15) is 0 Å². The number of hydrogen-bond donors (Lipinski definition) is 0. The van der Waals surface area contributed by atoms with Crippen LogP contribution in [0.4, 0.5) is 0 Å². The molecule has 19 heavy (non-hydrogen) atoms. The molecular weight excluding hydrogens is 240 g/mol. The van der Waals surface area contributed by atoms with Crippen LogP contribution in [0.25, 0.3) is 0 Å². The van der Waals surface area contributed by atoms with Crippen molar-refractivity contribution in [1.82, 2.24) is 0 Å². The average Bonchev–Trinajstić information content (AvgIpc) is 2.30. The normalized spacial score (nSPS) is 24.9. The van der Waals surface area contributed by atoms with Gasteiger partial charge < -0.3 is 19.9 Å². The van der Waals surface area contributed by atoms with Gasteiger partial charge in [0.25, 0.3) is 0 Å². The molecular formula is C15H34N2O2. The highest BCUT2D eigenvalue weighted by Crippen LogP contribution is 2.19. The summed E-state index contributed by atoms with van der Waals surface area (Å²) in [6.45, 7) is 8.59. The topological polar surface area (TPSA) is 60.0 Å². The Labute approximate surface area is 119 Å². The molecule has 0 atom stereocenters. The predicted octanol–water partition coefficient (Wildman–Crippen LogP) is 2.28. The molecule has 4 heteroatoms. The Kier molecular flexibility index (Phi) is 8.13. The van der Waals surface area contributed by atoms with Gasteiger partial charge in [-0.25, -0.2) is 0 Å². The number of rotatable bonds is 4. The van der Waals surface area contributed by atoms with Crippen molar-refractivity contribution in [3.63, 3.8) is 0 Å². The van der Waals surface area contributed by atoms with Crippen molar-refractivity contribution in [3.8, 4) is 0 Å². The average molecular weight is 274 g/mol. The lowest BCUT2D eigenvalue weighted by atomic mass is 10.1. The van der Waals surface area contributed by atoms with Crippen LogP contribution >= 0.6 is 0 Å². The molecule has 0 unspecified atom stereocenters. The number of hydrogen-bond acceptors (Lipinski definition) is 2. The van der Waals surface area contributed by atoms with Gasteiger partial charge in [0.2, 0.25) is 0 Å². The number of nitrogens with zero attached hydrogens (tertiary/aromatic N) is 2. The van der Waals surface area contributed by atoms with Crippen molar-refractivity contribution >= 4 is 0 Å². The molecule has 116 valence electrons. The molecule has 2 rings (SSSR count). The van der Waals surface area contributed by atoms with Crippen LogP contribution in [-0.2, 0) is 0 Å². The standard InChI is InChI=1S/C15H32N2.2H2O/c1-16(10-5-3-6-11-16)14-9-15-17(2)12-7-4-8-13-17;;/h3-15H2,1-2H3;2*1H2/q+2;;/p-2. The smallest absolute Gasteiger partial charge is 0.0838 e. The molecule has 2 aliphatic heterocycles. The van der Waals surface area contributed by atoms with E-state index in [9.17, 15) is 0 Å². The van der Waals surface area contributed by atoms with Gasteiger partial charge in [-0.05, 0) is 38.5 Å². The molecule has 0 amide bonds. The highest BCUT2D eigenvalue weighted by molar-refractivity contribution is 4.54. The molecule has 2 N–H and O–H groups in total. The highest BCUT2D eigenvalue weighted by atomic mass is 16.0. The molecule has 0 radical (unpaired) electrons. The van der Waals surface area contributed by atoms with E-state index in [2.05, 4.69) is 14.1 Å². The van der Waals surface area contributed by atoms with Crippen molar-refractivity contribution in [2.45, 2.75) is 44.9 Å². The van der Waals surface area contributed by atoms with Gasteiger partial charge in [-0.15, -0.1) is 0 Å². The summed E-state index contributed by atoms with van der Waals surface area (Å²) in [5.41, 5.74) is 0. The summed E-state index contributed by atoms with van der Waals surface area (Å²) >= 11 is 0. The maximum atomic E-state index is 2.48. The Balaban J connectivity index is 0.00000162. The summed E-state index contributed by atoms with van der Waals surface area (Å²) in [5.74, 6) is 0. The molecule has 0 aromatic rings. The largest absolute Gasteiger partial charge is 0.870 e. The lowest BCUT2D eigenvalue weighted by Gasteiger charge is -2.41. The van der Waals surface area contributed by atoms with Crippen LogP contribution in [0.5, 0.6) is 0 Å². The van der Waals surface area contributed by atoms with Gasteiger partial charge in [0, 0.05) is 6.42 Å². The van der Waals surface area contributed by atoms with Crippen molar-refractivity contribution in [1.29, 1.82) is 0 Å². The number of piperidine rings is 2. The molecule has 2 aliphatic rings. The Morgan fingerprint density at radius 1 is 0.579 bits per heavy atom. The first kappa shape index (κ1) is 18.8. The second-order valence-electron chi connectivity index (χ2n) is 7.06. The zero-order valence-corrected chi connectivity index (χ0v) is 13.0. The molecule has 0 saturated carbocycles. The van der Waals surface area contributed by atoms with E-state index in [1.54, 1.807) is 0 Å². The van der Waals surface area contributed by atoms with E-state index in [0.29, 0.717) is 0 Å². The minimum absolute atomic E-state index is 0. The third-order valence-corrected chi connectivity index (χ3v) is 5.19. The fourth-order valence-corrected chi connectivity index (χ4v) is 3.83. The Morgan fingerprint density at radius 2 is 0.895 bits per heavy atom. The van der Waals surface area contributed by atoms with E-state index in [0.717, 1.165) is 0 Å². The summed E-state index contributed by atoms with van der Waals surface area (Å²) < 4.78 is 2.72. The minimum Gasteiger partial charge on any atom is -0.870 e. The Morgan fingerprint density at radius 3 is 1.21 bits per heavy atom. The van der Waals surface area contributed by atoms with Gasteiger partial charge in [-0.1, -0.05) is 0 Å². The van der Waals surface area contributed by atoms with Crippen LogP contribution in [0.15, 0.2) is 0 Å². The van der Waals surface area contributed by atoms with Gasteiger partial charge in [-0.3, -0.25) is 0 Å². The number of likely N-dealkylation sites (tertiary alicyclic amines) is 2. The zero-order chi connectivity index (χ0) is 12.2. The third-order valence-electron chi connectivity index (χ3n) is 5.19. The van der Waals surface area contributed by atoms with E-state index in [-0.39, 0.29) is 11.0 Å². The highest BCUT2D eigenvalue weighted by Gasteiger charge is 2.28. The second kappa shape index (κ2) is 8.20. The summed E-state index contributed by atoms with van der Waals surface area (Å²) in [5, 5.41) is 0. The van der Waals surface area contributed by atoms with Gasteiger partial charge in [0.05, 0.1) is 53.4 Å². The van der Waals surface area contributed by atoms with Crippen LogP contribution in [0.2, 0.25) is 0 Å². The van der Waals surface area contributed by atoms with Crippen molar-refractivity contribution in [2.24, 2.45) is 0 Å². The number of quaternary nitrogens is 2. The van der Waals surface area contributed by atoms with Crippen molar-refractivity contribution in [3.05, 3.63) is 0 Å². The molecule has 0 aromatic heterocycles. The van der Waals surface area contributed by atoms with E-state index in [1.165, 1.54) is 93.2 Å². The lowest BCUT2D eigenvalue weighted by molar-refractivity contribution is -0.932. The van der Waals surface area contributed by atoms with Crippen molar-refractivity contribution in [2.75, 3.05) is 53.4 Å². The first-order valence-corrected chi connectivity index (χ1v) is 7.79. The predicted molar refractivity (Wildman–Crippen MR) is 77.8 cm³/mol. The molecule has 2 heterocycles. The van der Waals surface area contributed by atoms with E-state index >= 15 is 0 Å². The lowest BCUT2D eigenvalue weighted by Crippen LogP contribution is -2.52. The minimum atomic E-state index is 0. The van der Waals surface area contributed by atoms with E-state index in [4.69, 9.17) is 0 Å². The Hall–Kier alpha value is -0.160. The van der Waals surface area contributed by atoms with Gasteiger partial charge in [0.15, 0.2) is 0 Å². The maximum Gasteiger partial charge on any atom is 0.0838 e. The summed E-state index contributed by atoms with van der Waals surface area (Å²) in [6, 6.07) is 0. The quantitative estimate of drug-likeness (QED) is 0.738. The summed E-state index contributed by atoms with van der Waals surface area (Å²) in [7, 11) is 4.96. The monoisotopic (exact) mass is 274 g/mol. The summed E-state index contributed by atoms with van der Waals surface area (Å²) in [6.07, 6.45) is 10.2. The first-order chi connectivity index (χ1) is 8.12. The van der Waals surface area contributed by atoms with Crippen LogP contribution < -0.4 is 0 Å². The molecule has 0 aromatic carbocycles. The molecule has 0 aliphatic carbocycles. The third kappa shape index (κ3) is 5.78. The molecule has 0 bridgehead atoms. The summed E-state index contributed by atoms with van der Waals surface area (Å²) in [4.78, 5) is 0. The fourth-order valence-electron chi connectivity index (χ4n) is 3.83. The van der Waals surface area contributed by atoms with Gasteiger partial charge in [0.1, 0.15) is 0 Å². The molecule has 2 fully saturated rings. The SMILES string of the molecule is C[N+]1(CCC[N+]2(C)CCCCC2)CCCCC1.[OH-].[OH-]. The van der Waals surface area contributed by atoms with Crippen LogP contribution in [-0.4, -0.2) is 73.3 Å². The van der Waals surface area contributed by atoms with Crippen LogP contribution in [0, 0.1) is 0 Å². The maximum absolute atomic E-state index is 2.48. The Bertz CT molecular complexity index is 210.